The number of rotatable bonds is 5. The van der Waals surface area contributed by atoms with Crippen LogP contribution in [0.15, 0.2) is 48.5 Å². The minimum Gasteiger partial charge on any atom is -0.378 e. The first-order valence-electron chi connectivity index (χ1n) is 8.01. The quantitative estimate of drug-likeness (QED) is 0.780. The van der Waals surface area contributed by atoms with Crippen LogP contribution < -0.4 is 16.0 Å². The minimum absolute atomic E-state index is 0.380. The smallest absolute Gasteiger partial charge is 0.318 e. The topological polar surface area (TPSA) is 95.7 Å². The Morgan fingerprint density at radius 2 is 1.68 bits per heavy atom. The molecule has 0 aliphatic rings. The highest BCUT2D eigenvalue weighted by molar-refractivity contribution is 5.96. The summed E-state index contributed by atoms with van der Waals surface area (Å²) in [5.41, 5.74) is 7.90. The molecule has 0 bridgehead atoms. The molecule has 0 spiro atoms. The molecule has 25 heavy (non-hydrogen) atoms. The van der Waals surface area contributed by atoms with Crippen molar-refractivity contribution in [1.82, 2.24) is 0 Å². The Morgan fingerprint density at radius 1 is 1.08 bits per heavy atom. The number of primary amides is 1. The summed E-state index contributed by atoms with van der Waals surface area (Å²) >= 11 is 0. The lowest BCUT2D eigenvalue weighted by Crippen LogP contribution is -2.31. The zero-order valence-corrected chi connectivity index (χ0v) is 14.6. The van der Waals surface area contributed by atoms with E-state index < -0.39 is 18.0 Å². The van der Waals surface area contributed by atoms with Gasteiger partial charge in [-0.3, -0.25) is 9.69 Å². The van der Waals surface area contributed by atoms with Gasteiger partial charge in [0.05, 0.1) is 0 Å². The zero-order chi connectivity index (χ0) is 18.6. The number of benzene rings is 2. The normalized spacial score (nSPS) is 11.9. The van der Waals surface area contributed by atoms with E-state index in [2.05, 4.69) is 19.2 Å². The second-order valence-electron chi connectivity index (χ2n) is 6.16. The van der Waals surface area contributed by atoms with Crippen LogP contribution in [0.1, 0.15) is 37.0 Å². The molecule has 3 amide bonds. The fourth-order valence-corrected chi connectivity index (χ4v) is 2.34. The number of hydrogen-bond acceptors (Lipinski definition) is 3. The van der Waals surface area contributed by atoms with Crippen LogP contribution in [0.5, 0.6) is 0 Å². The highest BCUT2D eigenvalue weighted by atomic mass is 16.3. The van der Waals surface area contributed by atoms with Gasteiger partial charge in [-0.15, -0.1) is 0 Å². The predicted molar refractivity (Wildman–Crippen MR) is 98.5 cm³/mol. The molecule has 0 aromatic heterocycles. The number of nitrogens with two attached hydrogens (primary N) is 1. The van der Waals surface area contributed by atoms with Gasteiger partial charge in [0.25, 0.3) is 5.91 Å². The number of urea groups is 1. The second-order valence-corrected chi connectivity index (χ2v) is 6.16. The molecule has 0 aliphatic heterocycles. The summed E-state index contributed by atoms with van der Waals surface area (Å²) in [5, 5.41) is 12.9. The predicted octanol–water partition coefficient (Wildman–Crippen LogP) is 3.00. The molecule has 2 aromatic rings. The van der Waals surface area contributed by atoms with Crippen LogP contribution in [0.4, 0.5) is 16.2 Å². The van der Waals surface area contributed by atoms with E-state index in [1.54, 1.807) is 36.4 Å². The Morgan fingerprint density at radius 3 is 2.24 bits per heavy atom. The average molecular weight is 341 g/mol. The fourth-order valence-electron chi connectivity index (χ4n) is 2.34. The molecule has 4 N–H and O–H groups in total. The number of nitrogens with zero attached hydrogens (tertiary/aromatic N) is 1. The lowest BCUT2D eigenvalue weighted by molar-refractivity contribution is -0.124. The molecule has 0 unspecified atom stereocenters. The first-order valence-corrected chi connectivity index (χ1v) is 8.01. The molecule has 6 nitrogen and oxygen atoms in total. The highest BCUT2D eigenvalue weighted by Crippen LogP contribution is 2.22. The van der Waals surface area contributed by atoms with E-state index in [4.69, 9.17) is 5.73 Å². The first kappa shape index (κ1) is 18.5. The van der Waals surface area contributed by atoms with Gasteiger partial charge in [-0.2, -0.15) is 0 Å². The molecule has 6 heteroatoms. The number of aliphatic hydroxyl groups is 1. The van der Waals surface area contributed by atoms with Crippen LogP contribution in [0, 0.1) is 0 Å². The monoisotopic (exact) mass is 341 g/mol. The molecular weight excluding hydrogens is 318 g/mol. The van der Waals surface area contributed by atoms with Gasteiger partial charge in [0.2, 0.25) is 0 Å². The molecular formula is C19H23N3O3. The summed E-state index contributed by atoms with van der Waals surface area (Å²) in [6.07, 6.45) is -1.28. The van der Waals surface area contributed by atoms with Crippen molar-refractivity contribution in [2.75, 3.05) is 17.3 Å². The highest BCUT2D eigenvalue weighted by Gasteiger charge is 2.18. The van der Waals surface area contributed by atoms with Crippen molar-refractivity contribution in [3.8, 4) is 0 Å². The number of aliphatic hydroxyl groups excluding tert-OH is 1. The third kappa shape index (κ3) is 4.58. The van der Waals surface area contributed by atoms with Crippen molar-refractivity contribution < 1.29 is 14.7 Å². The van der Waals surface area contributed by atoms with Crippen LogP contribution in [0.3, 0.4) is 0 Å². The van der Waals surface area contributed by atoms with Crippen molar-refractivity contribution in [2.24, 2.45) is 5.73 Å². The molecule has 0 heterocycles. The molecule has 0 fully saturated rings. The van der Waals surface area contributed by atoms with Crippen molar-refractivity contribution in [3.05, 3.63) is 59.7 Å². The maximum absolute atomic E-state index is 12.3. The molecule has 0 radical (unpaired) electrons. The largest absolute Gasteiger partial charge is 0.378 e. The summed E-state index contributed by atoms with van der Waals surface area (Å²) in [6, 6.07) is 13.4. The van der Waals surface area contributed by atoms with Crippen LogP contribution in [0.25, 0.3) is 0 Å². The lowest BCUT2D eigenvalue weighted by Gasteiger charge is -2.17. The molecule has 2 aromatic carbocycles. The van der Waals surface area contributed by atoms with E-state index in [1.807, 2.05) is 12.1 Å². The number of nitrogens with one attached hydrogen (secondary N) is 1. The van der Waals surface area contributed by atoms with E-state index in [0.717, 1.165) is 5.56 Å². The van der Waals surface area contributed by atoms with Gasteiger partial charge in [0.15, 0.2) is 6.10 Å². The fraction of sp³-hybridized carbons (Fsp3) is 0.263. The third-order valence-corrected chi connectivity index (χ3v) is 4.00. The standard InChI is InChI=1S/C19H23N3O3/c1-12(2)13-7-9-14(10-8-13)17(23)18(24)21-15-5-4-6-16(11-15)22(3)19(20)25/h4-12,17,23H,1-3H3,(H2,20,25)(H,21,24)/t17-/m1/s1. The maximum atomic E-state index is 12.3. The van der Waals surface area contributed by atoms with Crippen molar-refractivity contribution in [2.45, 2.75) is 25.9 Å². The first-order chi connectivity index (χ1) is 11.8. The van der Waals surface area contributed by atoms with Gasteiger partial charge in [-0.05, 0) is 35.2 Å². The van der Waals surface area contributed by atoms with E-state index >= 15 is 0 Å². The van der Waals surface area contributed by atoms with Gasteiger partial charge in [0, 0.05) is 18.4 Å². The van der Waals surface area contributed by atoms with Crippen LogP contribution >= 0.6 is 0 Å². The van der Waals surface area contributed by atoms with E-state index in [9.17, 15) is 14.7 Å². The van der Waals surface area contributed by atoms with Crippen molar-refractivity contribution in [1.29, 1.82) is 0 Å². The number of hydrogen-bond donors (Lipinski definition) is 3. The Hall–Kier alpha value is -2.86. The van der Waals surface area contributed by atoms with Crippen LogP contribution in [0.2, 0.25) is 0 Å². The van der Waals surface area contributed by atoms with Gasteiger partial charge in [0.1, 0.15) is 0 Å². The molecule has 0 saturated heterocycles. The van der Waals surface area contributed by atoms with Gasteiger partial charge in [-0.1, -0.05) is 44.2 Å². The lowest BCUT2D eigenvalue weighted by atomic mass is 10.00. The molecule has 1 atom stereocenters. The van der Waals surface area contributed by atoms with Crippen LogP contribution in [-0.4, -0.2) is 24.1 Å². The Kier molecular flexibility index (Phi) is 5.77. The maximum Gasteiger partial charge on any atom is 0.318 e. The molecule has 132 valence electrons. The number of carbonyl (C=O) groups excluding carboxylic acids is 2. The second kappa shape index (κ2) is 7.81. The Balaban J connectivity index is 2.11. The van der Waals surface area contributed by atoms with Gasteiger partial charge in [-0.25, -0.2) is 4.79 Å². The van der Waals surface area contributed by atoms with Gasteiger partial charge >= 0.3 is 6.03 Å². The summed E-state index contributed by atoms with van der Waals surface area (Å²) in [5.74, 6) is -0.166. The third-order valence-electron chi connectivity index (χ3n) is 4.00. The van der Waals surface area contributed by atoms with E-state index in [0.29, 0.717) is 22.9 Å². The number of anilines is 2. The van der Waals surface area contributed by atoms with E-state index in [-0.39, 0.29) is 0 Å². The molecule has 2 rings (SSSR count). The summed E-state index contributed by atoms with van der Waals surface area (Å²) in [7, 11) is 1.54. The van der Waals surface area contributed by atoms with Gasteiger partial charge < -0.3 is 16.2 Å². The zero-order valence-electron chi connectivity index (χ0n) is 14.6. The summed E-state index contributed by atoms with van der Waals surface area (Å²) in [6.45, 7) is 4.16. The minimum atomic E-state index is -1.28. The Labute approximate surface area is 147 Å². The van der Waals surface area contributed by atoms with E-state index in [1.165, 1.54) is 11.9 Å². The average Bonchev–Trinajstić information content (AvgIpc) is 2.60. The van der Waals surface area contributed by atoms with Crippen molar-refractivity contribution in [3.63, 3.8) is 0 Å². The SMILES string of the molecule is CC(C)c1ccc([C@@H](O)C(=O)Nc2cccc(N(C)C(N)=O)c2)cc1. The summed E-state index contributed by atoms with van der Waals surface area (Å²) in [4.78, 5) is 24.8. The summed E-state index contributed by atoms with van der Waals surface area (Å²) < 4.78 is 0. The number of amides is 3. The van der Waals surface area contributed by atoms with Crippen molar-refractivity contribution >= 4 is 23.3 Å². The van der Waals surface area contributed by atoms with Crippen LogP contribution in [-0.2, 0) is 4.79 Å². The molecule has 0 saturated carbocycles. The Bertz CT molecular complexity index is 757. The number of carbonyl (C=O) groups is 2. The molecule has 0 aliphatic carbocycles.